The Bertz CT molecular complexity index is 619. The molecule has 98 valence electrons. The second kappa shape index (κ2) is 4.84. The SMILES string of the molecule is CCc1nc(COc2cccc3c2CCC3=O)no1. The number of fused-ring (bicyclic) bond motifs is 1. The van der Waals surface area contributed by atoms with Crippen LogP contribution in [0.15, 0.2) is 22.7 Å². The monoisotopic (exact) mass is 258 g/mol. The largest absolute Gasteiger partial charge is 0.485 e. The number of aryl methyl sites for hydroxylation is 1. The average Bonchev–Trinajstić information content (AvgIpc) is 3.04. The average molecular weight is 258 g/mol. The van der Waals surface area contributed by atoms with Crippen LogP contribution in [0, 0.1) is 0 Å². The van der Waals surface area contributed by atoms with Gasteiger partial charge in [0.25, 0.3) is 0 Å². The summed E-state index contributed by atoms with van der Waals surface area (Å²) >= 11 is 0. The van der Waals surface area contributed by atoms with Gasteiger partial charge in [-0.2, -0.15) is 4.98 Å². The van der Waals surface area contributed by atoms with Crippen LogP contribution in [0.25, 0.3) is 0 Å². The van der Waals surface area contributed by atoms with Gasteiger partial charge in [-0.05, 0) is 12.5 Å². The molecule has 0 amide bonds. The molecule has 0 saturated carbocycles. The van der Waals surface area contributed by atoms with E-state index in [1.807, 2.05) is 25.1 Å². The summed E-state index contributed by atoms with van der Waals surface area (Å²) in [6, 6.07) is 5.56. The lowest BCUT2D eigenvalue weighted by Crippen LogP contribution is -2.00. The van der Waals surface area contributed by atoms with E-state index in [2.05, 4.69) is 10.1 Å². The predicted octanol–water partition coefficient (Wildman–Crippen LogP) is 2.34. The van der Waals surface area contributed by atoms with Gasteiger partial charge in [-0.1, -0.05) is 24.2 Å². The summed E-state index contributed by atoms with van der Waals surface area (Å²) in [5.74, 6) is 2.06. The first-order chi connectivity index (χ1) is 9.28. The van der Waals surface area contributed by atoms with Crippen molar-refractivity contribution in [3.8, 4) is 5.75 Å². The highest BCUT2D eigenvalue weighted by Crippen LogP contribution is 2.30. The standard InChI is InChI=1S/C14H14N2O3/c1-2-14-15-13(16-19-14)8-18-12-5-3-4-9-10(12)6-7-11(9)17/h3-5H,2,6-8H2,1H3. The molecule has 0 radical (unpaired) electrons. The van der Waals surface area contributed by atoms with E-state index in [9.17, 15) is 4.79 Å². The van der Waals surface area contributed by atoms with Crippen molar-refractivity contribution >= 4 is 5.78 Å². The smallest absolute Gasteiger partial charge is 0.226 e. The molecule has 1 aliphatic carbocycles. The Morgan fingerprint density at radius 2 is 2.26 bits per heavy atom. The van der Waals surface area contributed by atoms with Crippen LogP contribution < -0.4 is 4.74 Å². The molecule has 2 aromatic rings. The summed E-state index contributed by atoms with van der Waals surface area (Å²) < 4.78 is 10.7. The number of ether oxygens (including phenoxy) is 1. The molecule has 5 heteroatoms. The van der Waals surface area contributed by atoms with Crippen molar-refractivity contribution in [1.29, 1.82) is 0 Å². The Morgan fingerprint density at radius 1 is 1.37 bits per heavy atom. The Balaban J connectivity index is 1.76. The fourth-order valence-corrected chi connectivity index (χ4v) is 2.23. The molecule has 19 heavy (non-hydrogen) atoms. The van der Waals surface area contributed by atoms with E-state index in [1.54, 1.807) is 0 Å². The van der Waals surface area contributed by atoms with Crippen LogP contribution in [0.3, 0.4) is 0 Å². The highest BCUT2D eigenvalue weighted by molar-refractivity contribution is 6.01. The fraction of sp³-hybridized carbons (Fsp3) is 0.357. The number of carbonyl (C=O) groups is 1. The maximum absolute atomic E-state index is 11.6. The van der Waals surface area contributed by atoms with Crippen molar-refractivity contribution in [2.24, 2.45) is 0 Å². The van der Waals surface area contributed by atoms with E-state index in [0.29, 0.717) is 24.6 Å². The number of nitrogens with zero attached hydrogens (tertiary/aromatic N) is 2. The van der Waals surface area contributed by atoms with Crippen molar-refractivity contribution < 1.29 is 14.1 Å². The third-order valence-corrected chi connectivity index (χ3v) is 3.20. The zero-order chi connectivity index (χ0) is 13.2. The van der Waals surface area contributed by atoms with E-state index < -0.39 is 0 Å². The fourth-order valence-electron chi connectivity index (χ4n) is 2.23. The van der Waals surface area contributed by atoms with E-state index in [0.717, 1.165) is 23.3 Å². The quantitative estimate of drug-likeness (QED) is 0.842. The van der Waals surface area contributed by atoms with Crippen LogP contribution in [-0.4, -0.2) is 15.9 Å². The van der Waals surface area contributed by atoms with Crippen molar-refractivity contribution in [3.63, 3.8) is 0 Å². The molecule has 0 unspecified atom stereocenters. The highest BCUT2D eigenvalue weighted by atomic mass is 16.5. The number of benzene rings is 1. The summed E-state index contributed by atoms with van der Waals surface area (Å²) in [4.78, 5) is 15.8. The Labute approximate surface area is 110 Å². The molecule has 0 fully saturated rings. The van der Waals surface area contributed by atoms with Crippen LogP contribution in [0.5, 0.6) is 5.75 Å². The van der Waals surface area contributed by atoms with E-state index in [1.165, 1.54) is 0 Å². The lowest BCUT2D eigenvalue weighted by Gasteiger charge is -2.08. The van der Waals surface area contributed by atoms with Gasteiger partial charge in [0.1, 0.15) is 5.75 Å². The topological polar surface area (TPSA) is 65.2 Å². The van der Waals surface area contributed by atoms with E-state index >= 15 is 0 Å². The summed E-state index contributed by atoms with van der Waals surface area (Å²) in [5, 5.41) is 3.83. The molecule has 1 heterocycles. The normalized spacial score (nSPS) is 13.6. The zero-order valence-corrected chi connectivity index (χ0v) is 10.7. The van der Waals surface area contributed by atoms with E-state index in [-0.39, 0.29) is 12.4 Å². The predicted molar refractivity (Wildman–Crippen MR) is 67.1 cm³/mol. The Hall–Kier alpha value is -2.17. The molecule has 0 N–H and O–H groups in total. The number of hydrogen-bond donors (Lipinski definition) is 0. The van der Waals surface area contributed by atoms with Crippen LogP contribution in [-0.2, 0) is 19.4 Å². The minimum absolute atomic E-state index is 0.188. The maximum atomic E-state index is 11.6. The Morgan fingerprint density at radius 3 is 3.05 bits per heavy atom. The number of rotatable bonds is 4. The minimum Gasteiger partial charge on any atom is -0.485 e. The van der Waals surface area contributed by atoms with Crippen LogP contribution in [0.1, 0.15) is 41.0 Å². The molecular weight excluding hydrogens is 244 g/mol. The zero-order valence-electron chi connectivity index (χ0n) is 10.7. The minimum atomic E-state index is 0.188. The third kappa shape index (κ3) is 2.23. The molecule has 5 nitrogen and oxygen atoms in total. The highest BCUT2D eigenvalue weighted by Gasteiger charge is 2.22. The summed E-state index contributed by atoms with van der Waals surface area (Å²) in [6.07, 6.45) is 2.02. The van der Waals surface area contributed by atoms with Crippen LogP contribution in [0.4, 0.5) is 0 Å². The van der Waals surface area contributed by atoms with Gasteiger partial charge in [0.15, 0.2) is 12.4 Å². The molecular formula is C14H14N2O3. The number of aromatic nitrogens is 2. The van der Waals surface area contributed by atoms with Gasteiger partial charge in [-0.3, -0.25) is 4.79 Å². The first-order valence-corrected chi connectivity index (χ1v) is 6.37. The first-order valence-electron chi connectivity index (χ1n) is 6.37. The molecule has 0 spiro atoms. The van der Waals surface area contributed by atoms with Crippen molar-refractivity contribution in [2.45, 2.75) is 32.8 Å². The molecule has 0 atom stereocenters. The number of ketones is 1. The van der Waals surface area contributed by atoms with Crippen molar-refractivity contribution in [2.75, 3.05) is 0 Å². The van der Waals surface area contributed by atoms with E-state index in [4.69, 9.17) is 9.26 Å². The van der Waals surface area contributed by atoms with Crippen LogP contribution in [0.2, 0.25) is 0 Å². The molecule has 1 aromatic carbocycles. The van der Waals surface area contributed by atoms with Gasteiger partial charge in [0, 0.05) is 24.0 Å². The first kappa shape index (κ1) is 11.9. The molecule has 0 saturated heterocycles. The Kier molecular flexibility index (Phi) is 3.03. The molecule has 1 aliphatic rings. The van der Waals surface area contributed by atoms with Gasteiger partial charge >= 0.3 is 0 Å². The van der Waals surface area contributed by atoms with Gasteiger partial charge in [0.2, 0.25) is 11.7 Å². The molecule has 0 bridgehead atoms. The third-order valence-electron chi connectivity index (χ3n) is 3.20. The second-order valence-electron chi connectivity index (χ2n) is 4.45. The maximum Gasteiger partial charge on any atom is 0.226 e. The van der Waals surface area contributed by atoms with Crippen LogP contribution >= 0.6 is 0 Å². The summed E-state index contributed by atoms with van der Waals surface area (Å²) in [5.41, 5.74) is 1.77. The molecule has 3 rings (SSSR count). The van der Waals surface area contributed by atoms with Gasteiger partial charge in [-0.25, -0.2) is 0 Å². The van der Waals surface area contributed by atoms with Gasteiger partial charge < -0.3 is 9.26 Å². The lowest BCUT2D eigenvalue weighted by atomic mass is 10.1. The summed E-state index contributed by atoms with van der Waals surface area (Å²) in [7, 11) is 0. The number of carbonyl (C=O) groups excluding carboxylic acids is 1. The van der Waals surface area contributed by atoms with Crippen molar-refractivity contribution in [1.82, 2.24) is 10.1 Å². The summed E-state index contributed by atoms with van der Waals surface area (Å²) in [6.45, 7) is 2.21. The second-order valence-corrected chi connectivity index (χ2v) is 4.45. The molecule has 1 aromatic heterocycles. The van der Waals surface area contributed by atoms with Crippen molar-refractivity contribution in [3.05, 3.63) is 41.0 Å². The number of hydrogen-bond acceptors (Lipinski definition) is 5. The lowest BCUT2D eigenvalue weighted by molar-refractivity contribution is 0.0994. The molecule has 0 aliphatic heterocycles. The van der Waals surface area contributed by atoms with Gasteiger partial charge in [0.05, 0.1) is 0 Å². The number of Topliss-reactive ketones (excluding diaryl/α,β-unsaturated/α-hetero) is 1. The van der Waals surface area contributed by atoms with Gasteiger partial charge in [-0.15, -0.1) is 0 Å².